The number of aromatic nitrogens is 2. The zero-order valence-corrected chi connectivity index (χ0v) is 10.4. The van der Waals surface area contributed by atoms with Gasteiger partial charge >= 0.3 is 0 Å². The van der Waals surface area contributed by atoms with Gasteiger partial charge < -0.3 is 5.73 Å². The molecule has 0 atom stereocenters. The summed E-state index contributed by atoms with van der Waals surface area (Å²) in [6.07, 6.45) is 5.02. The maximum Gasteiger partial charge on any atom is 0.0929 e. The normalized spacial score (nSPS) is 14.3. The molecule has 3 heteroatoms. The SMILES string of the molecule is NCc1ccc(-c2ccc3c(c2)CCCC3)nn1. The van der Waals surface area contributed by atoms with E-state index in [1.807, 2.05) is 12.1 Å². The molecule has 1 aromatic heterocycles. The van der Waals surface area contributed by atoms with E-state index in [9.17, 15) is 0 Å². The maximum absolute atomic E-state index is 5.53. The number of fused-ring (bicyclic) bond motifs is 1. The molecular formula is C15H17N3. The summed E-state index contributed by atoms with van der Waals surface area (Å²) < 4.78 is 0. The Bertz CT molecular complexity index is 546. The Labute approximate surface area is 107 Å². The molecule has 0 spiro atoms. The van der Waals surface area contributed by atoms with Gasteiger partial charge in [0.2, 0.25) is 0 Å². The van der Waals surface area contributed by atoms with Crippen LogP contribution in [0.4, 0.5) is 0 Å². The molecule has 0 saturated carbocycles. The molecule has 0 unspecified atom stereocenters. The lowest BCUT2D eigenvalue weighted by Gasteiger charge is -2.16. The number of nitrogens with zero attached hydrogens (tertiary/aromatic N) is 2. The highest BCUT2D eigenvalue weighted by atomic mass is 15.1. The lowest BCUT2D eigenvalue weighted by molar-refractivity contribution is 0.686. The molecule has 0 saturated heterocycles. The van der Waals surface area contributed by atoms with Crippen LogP contribution in [0, 0.1) is 0 Å². The average molecular weight is 239 g/mol. The molecule has 0 amide bonds. The highest BCUT2D eigenvalue weighted by Gasteiger charge is 2.10. The first kappa shape index (κ1) is 11.4. The minimum atomic E-state index is 0.442. The summed E-state index contributed by atoms with van der Waals surface area (Å²) >= 11 is 0. The second-order valence-corrected chi connectivity index (χ2v) is 4.80. The van der Waals surface area contributed by atoms with E-state index in [4.69, 9.17) is 5.73 Å². The van der Waals surface area contributed by atoms with E-state index in [2.05, 4.69) is 28.4 Å². The van der Waals surface area contributed by atoms with Gasteiger partial charge in [-0.05, 0) is 55.0 Å². The van der Waals surface area contributed by atoms with Gasteiger partial charge in [0.25, 0.3) is 0 Å². The van der Waals surface area contributed by atoms with Crippen LogP contribution in [-0.4, -0.2) is 10.2 Å². The van der Waals surface area contributed by atoms with Gasteiger partial charge in [0, 0.05) is 12.1 Å². The van der Waals surface area contributed by atoms with Crippen molar-refractivity contribution in [3.05, 3.63) is 47.2 Å². The van der Waals surface area contributed by atoms with Crippen LogP contribution < -0.4 is 5.73 Å². The van der Waals surface area contributed by atoms with Crippen LogP contribution in [0.2, 0.25) is 0 Å². The molecule has 0 fully saturated rings. The van der Waals surface area contributed by atoms with E-state index in [1.165, 1.54) is 36.8 Å². The first-order valence-corrected chi connectivity index (χ1v) is 6.51. The number of hydrogen-bond acceptors (Lipinski definition) is 3. The summed E-state index contributed by atoms with van der Waals surface area (Å²) in [5, 5.41) is 8.35. The summed E-state index contributed by atoms with van der Waals surface area (Å²) in [6, 6.07) is 10.6. The third-order valence-corrected chi connectivity index (χ3v) is 3.57. The van der Waals surface area contributed by atoms with Gasteiger partial charge in [-0.3, -0.25) is 0 Å². The molecule has 0 aliphatic heterocycles. The predicted octanol–water partition coefficient (Wildman–Crippen LogP) is 2.48. The number of rotatable bonds is 2. The van der Waals surface area contributed by atoms with Crippen molar-refractivity contribution in [3.8, 4) is 11.3 Å². The van der Waals surface area contributed by atoms with E-state index >= 15 is 0 Å². The molecule has 1 heterocycles. The Morgan fingerprint density at radius 2 is 1.78 bits per heavy atom. The number of aryl methyl sites for hydroxylation is 2. The minimum Gasteiger partial charge on any atom is -0.325 e. The van der Waals surface area contributed by atoms with E-state index in [-0.39, 0.29) is 0 Å². The highest BCUT2D eigenvalue weighted by Crippen LogP contribution is 2.26. The topological polar surface area (TPSA) is 51.8 Å². The van der Waals surface area contributed by atoms with Crippen molar-refractivity contribution in [2.24, 2.45) is 5.73 Å². The molecule has 0 radical (unpaired) electrons. The van der Waals surface area contributed by atoms with E-state index in [1.54, 1.807) is 0 Å². The zero-order chi connectivity index (χ0) is 12.4. The van der Waals surface area contributed by atoms with Gasteiger partial charge in [-0.2, -0.15) is 10.2 Å². The summed E-state index contributed by atoms with van der Waals surface area (Å²) in [6.45, 7) is 0.442. The Morgan fingerprint density at radius 3 is 2.50 bits per heavy atom. The van der Waals surface area contributed by atoms with Crippen molar-refractivity contribution in [1.82, 2.24) is 10.2 Å². The van der Waals surface area contributed by atoms with Crippen LogP contribution in [0.15, 0.2) is 30.3 Å². The molecule has 1 aliphatic rings. The maximum atomic E-state index is 5.53. The van der Waals surface area contributed by atoms with E-state index < -0.39 is 0 Å². The summed E-state index contributed by atoms with van der Waals surface area (Å²) in [5.74, 6) is 0. The number of hydrogen-bond donors (Lipinski definition) is 1. The molecule has 18 heavy (non-hydrogen) atoms. The molecule has 3 rings (SSSR count). The van der Waals surface area contributed by atoms with Gasteiger partial charge in [0.05, 0.1) is 11.4 Å². The Balaban J connectivity index is 1.95. The third kappa shape index (κ3) is 2.14. The van der Waals surface area contributed by atoms with Gasteiger partial charge in [0.1, 0.15) is 0 Å². The Hall–Kier alpha value is -1.74. The molecule has 1 aliphatic carbocycles. The number of nitrogens with two attached hydrogens (primary N) is 1. The second kappa shape index (κ2) is 4.86. The summed E-state index contributed by atoms with van der Waals surface area (Å²) in [4.78, 5) is 0. The number of benzene rings is 1. The Kier molecular flexibility index (Phi) is 3.07. The van der Waals surface area contributed by atoms with Crippen LogP contribution in [0.25, 0.3) is 11.3 Å². The van der Waals surface area contributed by atoms with Crippen LogP contribution in [0.3, 0.4) is 0 Å². The molecule has 0 bridgehead atoms. The van der Waals surface area contributed by atoms with Crippen LogP contribution >= 0.6 is 0 Å². The quantitative estimate of drug-likeness (QED) is 0.876. The van der Waals surface area contributed by atoms with Crippen molar-refractivity contribution in [2.75, 3.05) is 0 Å². The van der Waals surface area contributed by atoms with Gasteiger partial charge in [-0.1, -0.05) is 12.1 Å². The third-order valence-electron chi connectivity index (χ3n) is 3.57. The highest BCUT2D eigenvalue weighted by molar-refractivity contribution is 5.60. The standard InChI is InChI=1S/C15H17N3/c16-10-14-7-8-15(18-17-14)13-6-5-11-3-1-2-4-12(11)9-13/h5-9H,1-4,10,16H2. The molecule has 2 N–H and O–H groups in total. The zero-order valence-electron chi connectivity index (χ0n) is 10.4. The van der Waals surface area contributed by atoms with Crippen LogP contribution in [0.5, 0.6) is 0 Å². The molecule has 2 aromatic rings. The van der Waals surface area contributed by atoms with E-state index in [0.29, 0.717) is 6.54 Å². The molecule has 1 aromatic carbocycles. The van der Waals surface area contributed by atoms with Crippen LogP contribution in [-0.2, 0) is 19.4 Å². The average Bonchev–Trinajstić information content (AvgIpc) is 2.47. The fraction of sp³-hybridized carbons (Fsp3) is 0.333. The molecule has 92 valence electrons. The minimum absolute atomic E-state index is 0.442. The van der Waals surface area contributed by atoms with Gasteiger partial charge in [-0.25, -0.2) is 0 Å². The van der Waals surface area contributed by atoms with Crippen LogP contribution in [0.1, 0.15) is 29.7 Å². The van der Waals surface area contributed by atoms with E-state index in [0.717, 1.165) is 17.0 Å². The van der Waals surface area contributed by atoms with Crippen molar-refractivity contribution in [3.63, 3.8) is 0 Å². The summed E-state index contributed by atoms with van der Waals surface area (Å²) in [5.41, 5.74) is 11.4. The van der Waals surface area contributed by atoms with Gasteiger partial charge in [0.15, 0.2) is 0 Å². The molecule has 3 nitrogen and oxygen atoms in total. The van der Waals surface area contributed by atoms with Crippen molar-refractivity contribution in [1.29, 1.82) is 0 Å². The largest absolute Gasteiger partial charge is 0.325 e. The monoisotopic (exact) mass is 239 g/mol. The fourth-order valence-corrected chi connectivity index (χ4v) is 2.52. The first-order chi connectivity index (χ1) is 8.86. The lowest BCUT2D eigenvalue weighted by atomic mass is 9.90. The van der Waals surface area contributed by atoms with Crippen molar-refractivity contribution < 1.29 is 0 Å². The Morgan fingerprint density at radius 1 is 0.944 bits per heavy atom. The lowest BCUT2D eigenvalue weighted by Crippen LogP contribution is -2.03. The molecular weight excluding hydrogens is 222 g/mol. The smallest absolute Gasteiger partial charge is 0.0929 e. The second-order valence-electron chi connectivity index (χ2n) is 4.80. The fourth-order valence-electron chi connectivity index (χ4n) is 2.52. The van der Waals surface area contributed by atoms with Gasteiger partial charge in [-0.15, -0.1) is 0 Å². The van der Waals surface area contributed by atoms with Crippen molar-refractivity contribution in [2.45, 2.75) is 32.2 Å². The first-order valence-electron chi connectivity index (χ1n) is 6.51. The summed E-state index contributed by atoms with van der Waals surface area (Å²) in [7, 11) is 0. The van der Waals surface area contributed by atoms with Crippen molar-refractivity contribution >= 4 is 0 Å². The predicted molar refractivity (Wildman–Crippen MR) is 72.0 cm³/mol.